The van der Waals surface area contributed by atoms with Gasteiger partial charge in [-0.15, -0.1) is 0 Å². The summed E-state index contributed by atoms with van der Waals surface area (Å²) in [4.78, 5) is 21.9. The second-order valence-electron chi connectivity index (χ2n) is 11.3. The number of aryl methyl sites for hydroxylation is 1. The fourth-order valence-corrected chi connectivity index (χ4v) is 10.1. The lowest BCUT2D eigenvalue weighted by atomic mass is 9.90. The number of nitrogens with zero attached hydrogens (tertiary/aromatic N) is 3. The zero-order valence-electron chi connectivity index (χ0n) is 22.8. The minimum Gasteiger partial charge on any atom is -0.372 e. The number of anilines is 2. The van der Waals surface area contributed by atoms with Crippen molar-refractivity contribution in [3.63, 3.8) is 0 Å². The molecule has 0 bridgehead atoms. The van der Waals surface area contributed by atoms with Crippen LogP contribution in [0.5, 0.6) is 0 Å². The maximum atomic E-state index is 13.0. The van der Waals surface area contributed by atoms with E-state index in [1.54, 1.807) is 0 Å². The third-order valence-electron chi connectivity index (χ3n) is 8.20. The van der Waals surface area contributed by atoms with Gasteiger partial charge in [0.25, 0.3) is 5.91 Å². The zero-order chi connectivity index (χ0) is 27.7. The van der Waals surface area contributed by atoms with E-state index < -0.39 is 9.84 Å². The Morgan fingerprint density at radius 3 is 2.33 bits per heavy atom. The Morgan fingerprint density at radius 2 is 1.60 bits per heavy atom. The molecule has 3 aromatic rings. The molecular weight excluding hydrogens is 539 g/mol. The highest BCUT2D eigenvalue weighted by molar-refractivity contribution is 8.16. The lowest BCUT2D eigenvalue weighted by molar-refractivity contribution is -0.117. The van der Waals surface area contributed by atoms with E-state index in [4.69, 9.17) is 0 Å². The number of sulfone groups is 1. The summed E-state index contributed by atoms with van der Waals surface area (Å²) in [7, 11) is -3.12. The van der Waals surface area contributed by atoms with Crippen LogP contribution in [0.25, 0.3) is 0 Å². The molecule has 208 valence electrons. The Labute approximate surface area is 241 Å². The average molecular weight is 574 g/mol. The van der Waals surface area contributed by atoms with Gasteiger partial charge in [-0.05, 0) is 67.5 Å². The predicted octanol–water partition coefficient (Wildman–Crippen LogP) is 5.30. The molecule has 2 atom stereocenters. The molecule has 6 rings (SSSR count). The quantitative estimate of drug-likeness (QED) is 0.399. The third kappa shape index (κ3) is 6.13. The van der Waals surface area contributed by atoms with Gasteiger partial charge in [-0.2, -0.15) is 4.99 Å². The smallest absolute Gasteiger partial charge is 0.252 e. The number of thioether (sulfide) groups is 1. The minimum atomic E-state index is -3.12. The molecule has 3 fully saturated rings. The number of carbonyl (C=O) groups is 1. The summed E-state index contributed by atoms with van der Waals surface area (Å²) in [6.45, 7) is 4.06. The van der Waals surface area contributed by atoms with Crippen molar-refractivity contribution in [2.24, 2.45) is 10.9 Å². The molecule has 0 radical (unpaired) electrons. The number of hydrogen-bond donors (Lipinski definition) is 0. The van der Waals surface area contributed by atoms with Crippen LogP contribution in [-0.4, -0.2) is 55.4 Å². The molecule has 3 saturated heterocycles. The van der Waals surface area contributed by atoms with Crippen molar-refractivity contribution in [2.75, 3.05) is 34.4 Å². The van der Waals surface area contributed by atoms with Gasteiger partial charge in [0.1, 0.15) is 0 Å². The molecule has 0 saturated carbocycles. The van der Waals surface area contributed by atoms with E-state index in [1.807, 2.05) is 36.1 Å². The highest BCUT2D eigenvalue weighted by Gasteiger charge is 2.49. The molecule has 0 N–H and O–H groups in total. The summed E-state index contributed by atoms with van der Waals surface area (Å²) < 4.78 is 24.9. The van der Waals surface area contributed by atoms with Crippen LogP contribution in [0.4, 0.5) is 11.4 Å². The first-order valence-corrected chi connectivity index (χ1v) is 16.8. The number of piperidine rings is 1. The number of aliphatic imine (C=N–C) groups is 1. The number of benzene rings is 3. The zero-order valence-corrected chi connectivity index (χ0v) is 24.4. The summed E-state index contributed by atoms with van der Waals surface area (Å²) in [6, 6.07) is 26.8. The van der Waals surface area contributed by atoms with Crippen LogP contribution in [0.3, 0.4) is 0 Å². The summed E-state index contributed by atoms with van der Waals surface area (Å²) in [5, 5.41) is 0.496. The highest BCUT2D eigenvalue weighted by atomic mass is 32.2. The average Bonchev–Trinajstić information content (AvgIpc) is 3.40. The first kappa shape index (κ1) is 27.1. The molecule has 3 aliphatic heterocycles. The molecule has 0 spiro atoms. The molecule has 3 heterocycles. The van der Waals surface area contributed by atoms with E-state index in [1.165, 1.54) is 35.9 Å². The van der Waals surface area contributed by atoms with Crippen molar-refractivity contribution < 1.29 is 13.2 Å². The van der Waals surface area contributed by atoms with E-state index in [2.05, 4.69) is 64.5 Å². The molecule has 40 heavy (non-hydrogen) atoms. The topological polar surface area (TPSA) is 70.0 Å². The number of hydrogen-bond acceptors (Lipinski definition) is 5. The third-order valence-corrected chi connectivity index (χ3v) is 11.4. The van der Waals surface area contributed by atoms with Crippen LogP contribution in [0, 0.1) is 12.8 Å². The van der Waals surface area contributed by atoms with Crippen LogP contribution < -0.4 is 9.80 Å². The van der Waals surface area contributed by atoms with Gasteiger partial charge in [-0.25, -0.2) is 8.42 Å². The Kier molecular flexibility index (Phi) is 7.73. The van der Waals surface area contributed by atoms with Gasteiger partial charge in [-0.1, -0.05) is 71.9 Å². The van der Waals surface area contributed by atoms with Crippen molar-refractivity contribution in [1.29, 1.82) is 0 Å². The standard InChI is InChI=1S/C32H35N3O3S2/c1-23-6-5-9-26(18-23)20-31(36)33-32-35(29-21-40(37,38)22-30(29)39-32)28-12-10-27(11-13-28)34-16-14-25(15-17-34)19-24-7-3-2-4-8-24/h2-13,18,25,29-30H,14-17,19-22H2,1H3/t29-,30-/m1/s1. The Balaban J connectivity index is 1.16. The molecule has 3 aromatic carbocycles. The molecular formula is C32H35N3O3S2. The van der Waals surface area contributed by atoms with Crippen molar-refractivity contribution in [3.05, 3.63) is 95.6 Å². The number of fused-ring (bicyclic) bond motifs is 1. The van der Waals surface area contributed by atoms with E-state index in [-0.39, 0.29) is 35.1 Å². The summed E-state index contributed by atoms with van der Waals surface area (Å²) >= 11 is 1.43. The summed E-state index contributed by atoms with van der Waals surface area (Å²) in [5.74, 6) is 0.708. The lowest BCUT2D eigenvalue weighted by Crippen LogP contribution is -2.38. The van der Waals surface area contributed by atoms with Gasteiger partial charge in [0.15, 0.2) is 15.0 Å². The molecule has 0 aliphatic carbocycles. The Morgan fingerprint density at radius 1 is 0.900 bits per heavy atom. The van der Waals surface area contributed by atoms with Gasteiger partial charge in [-0.3, -0.25) is 4.79 Å². The second-order valence-corrected chi connectivity index (χ2v) is 14.6. The Hall–Kier alpha value is -3.10. The van der Waals surface area contributed by atoms with E-state index >= 15 is 0 Å². The molecule has 3 aliphatic rings. The number of amides is 1. The summed E-state index contributed by atoms with van der Waals surface area (Å²) in [6.07, 6.45) is 3.70. The SMILES string of the molecule is Cc1cccc(CC(=O)N=C2S[C@@H]3CS(=O)(=O)C[C@H]3N2c2ccc(N3CCC(Cc4ccccc4)CC3)cc2)c1. The van der Waals surface area contributed by atoms with Gasteiger partial charge < -0.3 is 9.80 Å². The van der Waals surface area contributed by atoms with Crippen molar-refractivity contribution in [3.8, 4) is 0 Å². The maximum absolute atomic E-state index is 13.0. The van der Waals surface area contributed by atoms with Crippen LogP contribution in [-0.2, 0) is 27.5 Å². The number of carbonyl (C=O) groups excluding carboxylic acids is 1. The van der Waals surface area contributed by atoms with Crippen molar-refractivity contribution in [2.45, 2.75) is 43.9 Å². The largest absolute Gasteiger partial charge is 0.372 e. The molecule has 8 heteroatoms. The second kappa shape index (κ2) is 11.4. The first-order valence-electron chi connectivity index (χ1n) is 14.1. The number of rotatable bonds is 6. The normalized spacial score (nSPS) is 23.5. The minimum absolute atomic E-state index is 0.0897. The van der Waals surface area contributed by atoms with E-state index in [9.17, 15) is 13.2 Å². The van der Waals surface area contributed by atoms with Crippen LogP contribution >= 0.6 is 11.8 Å². The molecule has 6 nitrogen and oxygen atoms in total. The number of amidine groups is 1. The molecule has 1 amide bonds. The molecule has 0 unspecified atom stereocenters. The van der Waals surface area contributed by atoms with Gasteiger partial charge in [0.05, 0.1) is 24.0 Å². The first-order chi connectivity index (χ1) is 19.3. The van der Waals surface area contributed by atoms with Crippen LogP contribution in [0.2, 0.25) is 0 Å². The Bertz CT molecular complexity index is 1500. The van der Waals surface area contributed by atoms with Crippen molar-refractivity contribution in [1.82, 2.24) is 0 Å². The monoisotopic (exact) mass is 573 g/mol. The maximum Gasteiger partial charge on any atom is 0.252 e. The highest BCUT2D eigenvalue weighted by Crippen LogP contribution is 2.41. The van der Waals surface area contributed by atoms with Gasteiger partial charge in [0.2, 0.25) is 0 Å². The van der Waals surface area contributed by atoms with E-state index in [0.717, 1.165) is 36.3 Å². The fourth-order valence-electron chi connectivity index (χ4n) is 6.18. The predicted molar refractivity (Wildman–Crippen MR) is 165 cm³/mol. The van der Waals surface area contributed by atoms with Gasteiger partial charge >= 0.3 is 0 Å². The van der Waals surface area contributed by atoms with E-state index in [0.29, 0.717) is 11.1 Å². The summed E-state index contributed by atoms with van der Waals surface area (Å²) in [5.41, 5.74) is 5.52. The van der Waals surface area contributed by atoms with Crippen molar-refractivity contribution >= 4 is 44.0 Å². The lowest BCUT2D eigenvalue weighted by Gasteiger charge is -2.34. The van der Waals surface area contributed by atoms with Crippen LogP contribution in [0.15, 0.2) is 83.9 Å². The van der Waals surface area contributed by atoms with Gasteiger partial charge in [0, 0.05) is 29.7 Å². The molecule has 0 aromatic heterocycles. The van der Waals surface area contributed by atoms with Crippen LogP contribution in [0.1, 0.15) is 29.5 Å². The fraction of sp³-hybridized carbons (Fsp3) is 0.375.